The number of fused-ring (bicyclic) bond motifs is 1. The first-order valence-corrected chi connectivity index (χ1v) is 11.9. The summed E-state index contributed by atoms with van der Waals surface area (Å²) in [6.45, 7) is 7.00. The summed E-state index contributed by atoms with van der Waals surface area (Å²) in [4.78, 5) is 21.9. The number of hydrogen-bond acceptors (Lipinski definition) is 6. The number of benzene rings is 2. The Morgan fingerprint density at radius 1 is 1.22 bits per heavy atom. The van der Waals surface area contributed by atoms with Crippen LogP contribution in [0.1, 0.15) is 30.1 Å². The molecule has 4 rings (SSSR count). The van der Waals surface area contributed by atoms with E-state index in [-0.39, 0.29) is 11.7 Å². The first-order valence-electron chi connectivity index (χ1n) is 11.1. The van der Waals surface area contributed by atoms with Gasteiger partial charge in [-0.1, -0.05) is 30.7 Å². The zero-order chi connectivity index (χ0) is 22.3. The van der Waals surface area contributed by atoms with E-state index in [9.17, 15) is 9.18 Å². The zero-order valence-electron chi connectivity index (χ0n) is 18.3. The number of rotatable bonds is 9. The molecule has 170 valence electrons. The van der Waals surface area contributed by atoms with Gasteiger partial charge in [-0.2, -0.15) is 0 Å². The molecule has 0 atom stereocenters. The number of carbonyl (C=O) groups excluding carboxylic acids is 1. The van der Waals surface area contributed by atoms with Crippen molar-refractivity contribution in [1.29, 1.82) is 0 Å². The van der Waals surface area contributed by atoms with E-state index in [1.165, 1.54) is 17.4 Å². The van der Waals surface area contributed by atoms with E-state index >= 15 is 0 Å². The van der Waals surface area contributed by atoms with Gasteiger partial charge in [-0.3, -0.25) is 14.6 Å². The standard InChI is InChI=1S/C24H28FN3O3S/c1-2-3-15-31-19-9-7-18(8-10-19)23(29)28(12-11-27-13-16-30-17-14-27)24-26-22-20(25)5-4-6-21(22)32-24/h4-10H,2-3,11-17H2,1H3. The number of hydrogen-bond donors (Lipinski definition) is 0. The molecule has 0 spiro atoms. The topological polar surface area (TPSA) is 54.9 Å². The smallest absolute Gasteiger partial charge is 0.260 e. The SMILES string of the molecule is CCCCOc1ccc(C(=O)N(CCN2CCOCC2)c2nc3c(F)cccc3s2)cc1. The number of morpholine rings is 1. The van der Waals surface area contributed by atoms with Gasteiger partial charge in [0.15, 0.2) is 5.13 Å². The third-order valence-electron chi connectivity index (χ3n) is 5.45. The molecule has 6 nitrogen and oxygen atoms in total. The van der Waals surface area contributed by atoms with Crippen LogP contribution < -0.4 is 9.64 Å². The summed E-state index contributed by atoms with van der Waals surface area (Å²) in [6, 6.07) is 12.1. The van der Waals surface area contributed by atoms with Gasteiger partial charge in [0.05, 0.1) is 24.5 Å². The minimum atomic E-state index is -0.376. The third kappa shape index (κ3) is 5.43. The van der Waals surface area contributed by atoms with E-state index in [2.05, 4.69) is 16.8 Å². The molecule has 1 saturated heterocycles. The molecule has 1 aliphatic rings. The zero-order valence-corrected chi connectivity index (χ0v) is 19.1. The van der Waals surface area contributed by atoms with Crippen LogP contribution in [0, 0.1) is 5.82 Å². The molecular formula is C24H28FN3O3S. The van der Waals surface area contributed by atoms with Crippen LogP contribution in [0.25, 0.3) is 10.2 Å². The molecule has 1 aliphatic heterocycles. The number of ether oxygens (including phenoxy) is 2. The Hall–Kier alpha value is -2.55. The summed E-state index contributed by atoms with van der Waals surface area (Å²) in [5.74, 6) is 0.217. The summed E-state index contributed by atoms with van der Waals surface area (Å²) < 4.78 is 26.1. The van der Waals surface area contributed by atoms with E-state index < -0.39 is 0 Å². The number of unbranched alkanes of at least 4 members (excludes halogenated alkanes) is 1. The van der Waals surface area contributed by atoms with E-state index in [4.69, 9.17) is 9.47 Å². The molecule has 8 heteroatoms. The lowest BCUT2D eigenvalue weighted by atomic mass is 10.2. The Kier molecular flexibility index (Phi) is 7.68. The Balaban J connectivity index is 1.55. The molecular weight excluding hydrogens is 429 g/mol. The second-order valence-electron chi connectivity index (χ2n) is 7.72. The van der Waals surface area contributed by atoms with Crippen molar-refractivity contribution in [2.24, 2.45) is 0 Å². The predicted molar refractivity (Wildman–Crippen MR) is 125 cm³/mol. The average Bonchev–Trinajstić information content (AvgIpc) is 3.26. The normalized spacial score (nSPS) is 14.6. The van der Waals surface area contributed by atoms with Crippen LogP contribution >= 0.6 is 11.3 Å². The quantitative estimate of drug-likeness (QED) is 0.440. The molecule has 0 radical (unpaired) electrons. The highest BCUT2D eigenvalue weighted by Gasteiger charge is 2.23. The van der Waals surface area contributed by atoms with E-state index in [1.807, 2.05) is 18.2 Å². The number of nitrogens with zero attached hydrogens (tertiary/aromatic N) is 3. The maximum Gasteiger partial charge on any atom is 0.260 e. The molecule has 2 heterocycles. The summed E-state index contributed by atoms with van der Waals surface area (Å²) in [5, 5.41) is 0.506. The molecule has 32 heavy (non-hydrogen) atoms. The van der Waals surface area contributed by atoms with Gasteiger partial charge in [0.25, 0.3) is 5.91 Å². The predicted octanol–water partition coefficient (Wildman–Crippen LogP) is 4.59. The number of amides is 1. The van der Waals surface area contributed by atoms with Crippen molar-refractivity contribution in [3.8, 4) is 5.75 Å². The lowest BCUT2D eigenvalue weighted by molar-refractivity contribution is 0.0391. The molecule has 2 aromatic carbocycles. The number of carbonyl (C=O) groups is 1. The minimum absolute atomic E-state index is 0.155. The first-order chi connectivity index (χ1) is 15.7. The van der Waals surface area contributed by atoms with Gasteiger partial charge < -0.3 is 9.47 Å². The van der Waals surface area contributed by atoms with Gasteiger partial charge in [-0.15, -0.1) is 0 Å². The van der Waals surface area contributed by atoms with Gasteiger partial charge in [0.2, 0.25) is 0 Å². The van der Waals surface area contributed by atoms with Crippen molar-refractivity contribution in [1.82, 2.24) is 9.88 Å². The van der Waals surface area contributed by atoms with Crippen molar-refractivity contribution in [2.75, 3.05) is 50.9 Å². The minimum Gasteiger partial charge on any atom is -0.494 e. The van der Waals surface area contributed by atoms with Crippen molar-refractivity contribution in [3.05, 3.63) is 53.8 Å². The molecule has 0 saturated carbocycles. The monoisotopic (exact) mass is 457 g/mol. The van der Waals surface area contributed by atoms with Crippen LogP contribution in [0.15, 0.2) is 42.5 Å². The van der Waals surface area contributed by atoms with Crippen molar-refractivity contribution in [2.45, 2.75) is 19.8 Å². The lowest BCUT2D eigenvalue weighted by Gasteiger charge is -2.29. The Labute approximate surface area is 191 Å². The van der Waals surface area contributed by atoms with Crippen molar-refractivity contribution >= 4 is 32.6 Å². The van der Waals surface area contributed by atoms with E-state index in [1.54, 1.807) is 23.1 Å². The van der Waals surface area contributed by atoms with Crippen LogP contribution in [0.5, 0.6) is 5.75 Å². The van der Waals surface area contributed by atoms with Crippen molar-refractivity contribution in [3.63, 3.8) is 0 Å². The molecule has 0 unspecified atom stereocenters. The van der Waals surface area contributed by atoms with Crippen LogP contribution in [-0.2, 0) is 4.74 Å². The molecule has 0 aliphatic carbocycles. The molecule has 0 N–H and O–H groups in total. The molecule has 1 fully saturated rings. The van der Waals surface area contributed by atoms with Gasteiger partial charge in [-0.25, -0.2) is 9.37 Å². The maximum absolute atomic E-state index is 14.2. The van der Waals surface area contributed by atoms with Gasteiger partial charge >= 0.3 is 0 Å². The Morgan fingerprint density at radius 3 is 2.72 bits per heavy atom. The fourth-order valence-corrected chi connectivity index (χ4v) is 4.56. The number of halogens is 1. The molecule has 0 bridgehead atoms. The first kappa shape index (κ1) is 22.6. The number of thiazole rings is 1. The molecule has 3 aromatic rings. The van der Waals surface area contributed by atoms with Crippen LogP contribution in [0.4, 0.5) is 9.52 Å². The average molecular weight is 458 g/mol. The second-order valence-corrected chi connectivity index (χ2v) is 8.73. The molecule has 1 amide bonds. The largest absolute Gasteiger partial charge is 0.494 e. The highest BCUT2D eigenvalue weighted by Crippen LogP contribution is 2.31. The number of aromatic nitrogens is 1. The Morgan fingerprint density at radius 2 is 2.00 bits per heavy atom. The second kappa shape index (κ2) is 10.8. The Bertz CT molecular complexity index is 1030. The highest BCUT2D eigenvalue weighted by atomic mass is 32.1. The highest BCUT2D eigenvalue weighted by molar-refractivity contribution is 7.22. The fraction of sp³-hybridized carbons (Fsp3) is 0.417. The summed E-state index contributed by atoms with van der Waals surface area (Å²) in [7, 11) is 0. The number of para-hydroxylation sites is 1. The van der Waals surface area contributed by atoms with Crippen molar-refractivity contribution < 1.29 is 18.7 Å². The van der Waals surface area contributed by atoms with Gasteiger partial charge in [-0.05, 0) is 42.8 Å². The maximum atomic E-state index is 14.2. The number of anilines is 1. The van der Waals surface area contributed by atoms with Crippen LogP contribution in [-0.4, -0.2) is 61.8 Å². The lowest BCUT2D eigenvalue weighted by Crippen LogP contribution is -2.43. The van der Waals surface area contributed by atoms with Crippen LogP contribution in [0.3, 0.4) is 0 Å². The molecule has 1 aromatic heterocycles. The van der Waals surface area contributed by atoms with Gasteiger partial charge in [0, 0.05) is 31.7 Å². The summed E-state index contributed by atoms with van der Waals surface area (Å²) >= 11 is 1.33. The summed E-state index contributed by atoms with van der Waals surface area (Å²) in [5.41, 5.74) is 0.853. The fourth-order valence-electron chi connectivity index (χ4n) is 3.55. The third-order valence-corrected chi connectivity index (χ3v) is 6.49. The van der Waals surface area contributed by atoms with Crippen LogP contribution in [0.2, 0.25) is 0 Å². The van der Waals surface area contributed by atoms with E-state index in [0.717, 1.165) is 36.4 Å². The van der Waals surface area contributed by atoms with E-state index in [0.29, 0.717) is 49.1 Å². The summed E-state index contributed by atoms with van der Waals surface area (Å²) in [6.07, 6.45) is 2.06. The van der Waals surface area contributed by atoms with Gasteiger partial charge in [0.1, 0.15) is 17.1 Å².